The molecule has 2 rings (SSSR count). The maximum Gasteiger partial charge on any atom is 0.408 e. The summed E-state index contributed by atoms with van der Waals surface area (Å²) >= 11 is 5.76. The van der Waals surface area contributed by atoms with Crippen molar-refractivity contribution < 1.29 is 13.9 Å². The molecule has 1 aromatic carbocycles. The molecule has 3 nitrogen and oxygen atoms in total. The van der Waals surface area contributed by atoms with Gasteiger partial charge in [0.05, 0.1) is 6.04 Å². The molecule has 0 aromatic heterocycles. The van der Waals surface area contributed by atoms with E-state index >= 15 is 0 Å². The van der Waals surface area contributed by atoms with Crippen molar-refractivity contribution in [3.05, 3.63) is 34.6 Å². The van der Waals surface area contributed by atoms with E-state index in [2.05, 4.69) is 5.32 Å². The van der Waals surface area contributed by atoms with E-state index in [-0.39, 0.29) is 12.0 Å². The fourth-order valence-electron chi connectivity index (χ4n) is 2.07. The Kier molecular flexibility index (Phi) is 4.23. The van der Waals surface area contributed by atoms with Gasteiger partial charge in [-0.25, -0.2) is 9.18 Å². The topological polar surface area (TPSA) is 38.3 Å². The number of alkyl carbamates (subject to hydrolysis) is 1. The Morgan fingerprint density at radius 3 is 2.60 bits per heavy atom. The molecular weight excluding hydrogens is 281 g/mol. The number of carbonyl (C=O) groups is 1. The lowest BCUT2D eigenvalue weighted by Gasteiger charge is -2.24. The Balaban J connectivity index is 2.13. The number of benzene rings is 1. The highest BCUT2D eigenvalue weighted by atomic mass is 35.5. The third-order valence-electron chi connectivity index (χ3n) is 3.06. The zero-order valence-electron chi connectivity index (χ0n) is 11.9. The molecule has 1 aliphatic carbocycles. The molecule has 0 saturated heterocycles. The minimum atomic E-state index is -0.573. The zero-order valence-corrected chi connectivity index (χ0v) is 12.6. The lowest BCUT2D eigenvalue weighted by Crippen LogP contribution is -2.36. The number of hydrogen-bond donors (Lipinski definition) is 1. The first-order valence-electron chi connectivity index (χ1n) is 6.71. The second-order valence-corrected chi connectivity index (χ2v) is 6.56. The predicted octanol–water partition coefficient (Wildman–Crippen LogP) is 4.45. The lowest BCUT2D eigenvalue weighted by molar-refractivity contribution is 0.0496. The molecule has 5 heteroatoms. The molecule has 0 heterocycles. The molecule has 1 amide bonds. The molecule has 0 radical (unpaired) electrons. The number of carbonyl (C=O) groups excluding carboxylic acids is 1. The van der Waals surface area contributed by atoms with Crippen molar-refractivity contribution in [3.63, 3.8) is 0 Å². The highest BCUT2D eigenvalue weighted by Crippen LogP contribution is 2.42. The number of nitrogens with one attached hydrogen (secondary N) is 1. The van der Waals surface area contributed by atoms with Crippen molar-refractivity contribution >= 4 is 17.7 Å². The molecule has 1 atom stereocenters. The van der Waals surface area contributed by atoms with E-state index in [1.807, 2.05) is 0 Å². The summed E-state index contributed by atoms with van der Waals surface area (Å²) in [5.41, 5.74) is -0.112. The Hall–Kier alpha value is -1.29. The number of halogens is 2. The van der Waals surface area contributed by atoms with Crippen molar-refractivity contribution in [2.75, 3.05) is 0 Å². The minimum absolute atomic E-state index is 0.262. The van der Waals surface area contributed by atoms with Gasteiger partial charge >= 0.3 is 6.09 Å². The standard InChI is InChI=1S/C15H19ClFNO2/c1-15(2,3)20-14(19)18-13(9-4-5-9)11-7-6-10(16)8-12(11)17/h6-9,13H,4-5H2,1-3H3,(H,18,19)/t13-/m0/s1. The average molecular weight is 300 g/mol. The predicted molar refractivity (Wildman–Crippen MR) is 76.2 cm³/mol. The van der Waals surface area contributed by atoms with Gasteiger partial charge in [0.15, 0.2) is 0 Å². The average Bonchev–Trinajstić information content (AvgIpc) is 3.07. The van der Waals surface area contributed by atoms with Crippen molar-refractivity contribution in [1.82, 2.24) is 5.32 Å². The largest absolute Gasteiger partial charge is 0.444 e. The number of hydrogen-bond acceptors (Lipinski definition) is 2. The number of rotatable bonds is 3. The third kappa shape index (κ3) is 4.10. The van der Waals surface area contributed by atoms with Crippen LogP contribution in [0.1, 0.15) is 45.2 Å². The first kappa shape index (κ1) is 15.1. The van der Waals surface area contributed by atoms with Gasteiger partial charge in [0.25, 0.3) is 0 Å². The van der Waals surface area contributed by atoms with Gasteiger partial charge in [0.2, 0.25) is 0 Å². The molecule has 110 valence electrons. The van der Waals surface area contributed by atoms with Crippen molar-refractivity contribution in [1.29, 1.82) is 0 Å². The van der Waals surface area contributed by atoms with Crippen LogP contribution in [0.25, 0.3) is 0 Å². The van der Waals surface area contributed by atoms with Crippen LogP contribution in [-0.2, 0) is 4.74 Å². The highest BCUT2D eigenvalue weighted by molar-refractivity contribution is 6.30. The normalized spacial score (nSPS) is 16.6. The summed E-state index contributed by atoms with van der Waals surface area (Å²) in [5.74, 6) is -0.136. The van der Waals surface area contributed by atoms with Gasteiger partial charge < -0.3 is 10.1 Å². The third-order valence-corrected chi connectivity index (χ3v) is 3.30. The Labute approximate surface area is 123 Å². The summed E-state index contributed by atoms with van der Waals surface area (Å²) in [7, 11) is 0. The Bertz CT molecular complexity index is 509. The zero-order chi connectivity index (χ0) is 14.9. The number of amides is 1. The van der Waals surface area contributed by atoms with Gasteiger partial charge in [-0.1, -0.05) is 17.7 Å². The van der Waals surface area contributed by atoms with Crippen LogP contribution >= 0.6 is 11.6 Å². The smallest absolute Gasteiger partial charge is 0.408 e. The van der Waals surface area contributed by atoms with Crippen LogP contribution in [0.5, 0.6) is 0 Å². The van der Waals surface area contributed by atoms with Crippen molar-refractivity contribution in [2.45, 2.75) is 45.3 Å². The van der Waals surface area contributed by atoms with Gasteiger partial charge in [0.1, 0.15) is 11.4 Å². The van der Waals surface area contributed by atoms with Gasteiger partial charge in [0, 0.05) is 10.6 Å². The second-order valence-electron chi connectivity index (χ2n) is 6.13. The van der Waals surface area contributed by atoms with E-state index < -0.39 is 17.5 Å². The van der Waals surface area contributed by atoms with E-state index in [0.29, 0.717) is 10.6 Å². The molecule has 1 saturated carbocycles. The van der Waals surface area contributed by atoms with Crippen LogP contribution in [-0.4, -0.2) is 11.7 Å². The van der Waals surface area contributed by atoms with E-state index in [1.165, 1.54) is 6.07 Å². The van der Waals surface area contributed by atoms with Crippen LogP contribution in [0.4, 0.5) is 9.18 Å². The molecule has 0 unspecified atom stereocenters. The maximum atomic E-state index is 14.0. The molecule has 0 aliphatic heterocycles. The molecule has 0 bridgehead atoms. The minimum Gasteiger partial charge on any atom is -0.444 e. The quantitative estimate of drug-likeness (QED) is 0.895. The molecule has 0 spiro atoms. The van der Waals surface area contributed by atoms with E-state index in [4.69, 9.17) is 16.3 Å². The molecule has 1 aliphatic rings. The van der Waals surface area contributed by atoms with Crippen LogP contribution in [0, 0.1) is 11.7 Å². The van der Waals surface area contributed by atoms with Gasteiger partial charge in [-0.15, -0.1) is 0 Å². The molecule has 1 aromatic rings. The first-order chi connectivity index (χ1) is 9.26. The SMILES string of the molecule is CC(C)(C)OC(=O)N[C@H](c1ccc(Cl)cc1F)C1CC1. The van der Waals surface area contributed by atoms with Crippen molar-refractivity contribution in [3.8, 4) is 0 Å². The van der Waals surface area contributed by atoms with E-state index in [1.54, 1.807) is 32.9 Å². The highest BCUT2D eigenvalue weighted by Gasteiger charge is 2.35. The molecule has 20 heavy (non-hydrogen) atoms. The summed E-state index contributed by atoms with van der Waals surface area (Å²) < 4.78 is 19.2. The van der Waals surface area contributed by atoms with Crippen LogP contribution in [0.15, 0.2) is 18.2 Å². The fraction of sp³-hybridized carbons (Fsp3) is 0.533. The Morgan fingerprint density at radius 1 is 1.45 bits per heavy atom. The molecule has 1 fully saturated rings. The maximum absolute atomic E-state index is 14.0. The van der Waals surface area contributed by atoms with Gasteiger partial charge in [-0.2, -0.15) is 0 Å². The van der Waals surface area contributed by atoms with Gasteiger partial charge in [-0.3, -0.25) is 0 Å². The summed E-state index contributed by atoms with van der Waals surface area (Å²) in [6.45, 7) is 5.38. The van der Waals surface area contributed by atoms with E-state index in [9.17, 15) is 9.18 Å². The lowest BCUT2D eigenvalue weighted by atomic mass is 10.0. The first-order valence-corrected chi connectivity index (χ1v) is 7.08. The molecule has 1 N–H and O–H groups in total. The summed E-state index contributed by atoms with van der Waals surface area (Å²) in [4.78, 5) is 11.9. The van der Waals surface area contributed by atoms with Crippen LogP contribution < -0.4 is 5.32 Å². The summed E-state index contributed by atoms with van der Waals surface area (Å²) in [6.07, 6.45) is 1.43. The summed E-state index contributed by atoms with van der Waals surface area (Å²) in [6, 6.07) is 4.16. The van der Waals surface area contributed by atoms with Crippen LogP contribution in [0.3, 0.4) is 0 Å². The van der Waals surface area contributed by atoms with Crippen LogP contribution in [0.2, 0.25) is 5.02 Å². The fourth-order valence-corrected chi connectivity index (χ4v) is 2.23. The van der Waals surface area contributed by atoms with E-state index in [0.717, 1.165) is 12.8 Å². The summed E-state index contributed by atoms with van der Waals surface area (Å²) in [5, 5.41) is 3.11. The molecular formula is C15H19ClFNO2. The number of ether oxygens (including phenoxy) is 1. The van der Waals surface area contributed by atoms with Crippen molar-refractivity contribution in [2.24, 2.45) is 5.92 Å². The monoisotopic (exact) mass is 299 g/mol. The second kappa shape index (κ2) is 5.60. The van der Waals surface area contributed by atoms with Gasteiger partial charge in [-0.05, 0) is 51.7 Å². The Morgan fingerprint density at radius 2 is 2.10 bits per heavy atom.